The summed E-state index contributed by atoms with van der Waals surface area (Å²) >= 11 is 0. The van der Waals surface area contributed by atoms with E-state index in [9.17, 15) is 4.79 Å². The second kappa shape index (κ2) is 11.9. The number of carbonyl (C=O) groups is 1. The lowest BCUT2D eigenvalue weighted by atomic mass is 10.1. The first kappa shape index (κ1) is 23.3. The Bertz CT molecular complexity index is 635. The van der Waals surface area contributed by atoms with E-state index in [0.717, 1.165) is 49.1 Å². The summed E-state index contributed by atoms with van der Waals surface area (Å²) in [7, 11) is 1.89. The summed E-state index contributed by atoms with van der Waals surface area (Å²) in [6, 6.07) is 5.96. The van der Waals surface area contributed by atoms with Crippen LogP contribution in [0.25, 0.3) is 0 Å². The maximum Gasteiger partial charge on any atom is 0.242 e. The van der Waals surface area contributed by atoms with Gasteiger partial charge in [0.1, 0.15) is 0 Å². The van der Waals surface area contributed by atoms with E-state index in [4.69, 9.17) is 9.47 Å². The summed E-state index contributed by atoms with van der Waals surface area (Å²) in [6.07, 6.45) is 0.795. The zero-order chi connectivity index (χ0) is 18.9. The molecule has 1 aliphatic heterocycles. The summed E-state index contributed by atoms with van der Waals surface area (Å²) in [4.78, 5) is 20.7. The molecule has 0 unspecified atom stereocenters. The molecule has 7 nitrogen and oxygen atoms in total. The number of aliphatic imine (C=N–C) groups is 1. The van der Waals surface area contributed by atoms with E-state index in [-0.39, 0.29) is 36.7 Å². The van der Waals surface area contributed by atoms with Crippen LogP contribution in [-0.2, 0) is 11.2 Å². The molecule has 0 saturated heterocycles. The summed E-state index contributed by atoms with van der Waals surface area (Å²) in [5, 5.41) is 3.25. The molecule has 0 spiro atoms. The van der Waals surface area contributed by atoms with Crippen molar-refractivity contribution in [2.24, 2.45) is 4.99 Å². The Morgan fingerprint density at radius 3 is 2.56 bits per heavy atom. The van der Waals surface area contributed by atoms with Crippen LogP contribution in [0.15, 0.2) is 23.2 Å². The molecule has 0 atom stereocenters. The number of halogens is 1. The minimum Gasteiger partial charge on any atom is -0.454 e. The Morgan fingerprint density at radius 1 is 1.19 bits per heavy atom. The molecule has 0 aliphatic carbocycles. The molecule has 1 amide bonds. The van der Waals surface area contributed by atoms with Crippen molar-refractivity contribution in [1.29, 1.82) is 0 Å². The molecule has 0 radical (unpaired) electrons. The van der Waals surface area contributed by atoms with E-state index in [2.05, 4.69) is 10.3 Å². The molecule has 0 saturated carbocycles. The number of rotatable bonds is 8. The second-order valence-electron chi connectivity index (χ2n) is 6.10. The zero-order valence-electron chi connectivity index (χ0n) is 16.7. The highest BCUT2D eigenvalue weighted by atomic mass is 127. The second-order valence-corrected chi connectivity index (χ2v) is 6.10. The molecule has 1 N–H and O–H groups in total. The molecule has 27 heavy (non-hydrogen) atoms. The molecule has 0 aromatic heterocycles. The van der Waals surface area contributed by atoms with Crippen molar-refractivity contribution < 1.29 is 14.3 Å². The third-order valence-electron chi connectivity index (χ3n) is 4.28. The topological polar surface area (TPSA) is 66.4 Å². The molecule has 0 fully saturated rings. The number of guanidine groups is 1. The first-order valence-corrected chi connectivity index (χ1v) is 9.24. The lowest BCUT2D eigenvalue weighted by molar-refractivity contribution is -0.131. The normalized spacial score (nSPS) is 12.4. The molecule has 0 bridgehead atoms. The van der Waals surface area contributed by atoms with Gasteiger partial charge < -0.3 is 24.6 Å². The number of ether oxygens (including phenoxy) is 2. The molecule has 1 aliphatic rings. The van der Waals surface area contributed by atoms with E-state index >= 15 is 0 Å². The van der Waals surface area contributed by atoms with E-state index in [0.29, 0.717) is 13.1 Å². The number of benzene rings is 1. The first-order valence-electron chi connectivity index (χ1n) is 9.24. The van der Waals surface area contributed by atoms with Gasteiger partial charge >= 0.3 is 0 Å². The van der Waals surface area contributed by atoms with Crippen LogP contribution >= 0.6 is 24.0 Å². The summed E-state index contributed by atoms with van der Waals surface area (Å²) in [6.45, 7) is 9.44. The van der Waals surface area contributed by atoms with E-state index in [1.54, 1.807) is 0 Å². The van der Waals surface area contributed by atoms with Crippen molar-refractivity contribution in [2.45, 2.75) is 27.2 Å². The fourth-order valence-electron chi connectivity index (χ4n) is 2.81. The quantitative estimate of drug-likeness (QED) is 0.345. The highest BCUT2D eigenvalue weighted by Crippen LogP contribution is 2.32. The lowest BCUT2D eigenvalue weighted by Crippen LogP contribution is -2.45. The van der Waals surface area contributed by atoms with Crippen molar-refractivity contribution in [3.8, 4) is 11.5 Å². The number of nitrogens with one attached hydrogen (secondary N) is 1. The van der Waals surface area contributed by atoms with Crippen LogP contribution in [0.4, 0.5) is 0 Å². The molecule has 1 heterocycles. The van der Waals surface area contributed by atoms with Crippen LogP contribution in [0, 0.1) is 0 Å². The van der Waals surface area contributed by atoms with Gasteiger partial charge in [-0.2, -0.15) is 0 Å². The number of amides is 1. The molecule has 1 aromatic carbocycles. The van der Waals surface area contributed by atoms with Crippen LogP contribution in [0.3, 0.4) is 0 Å². The Labute approximate surface area is 179 Å². The van der Waals surface area contributed by atoms with Crippen LogP contribution in [-0.4, -0.2) is 68.2 Å². The third kappa shape index (κ3) is 6.75. The average molecular weight is 490 g/mol. The molecular formula is C19H31IN4O3. The molecule has 1 aromatic rings. The van der Waals surface area contributed by atoms with Gasteiger partial charge in [0.2, 0.25) is 12.7 Å². The van der Waals surface area contributed by atoms with Crippen LogP contribution in [0.1, 0.15) is 26.3 Å². The van der Waals surface area contributed by atoms with Crippen molar-refractivity contribution in [3.05, 3.63) is 23.8 Å². The van der Waals surface area contributed by atoms with Gasteiger partial charge in [0.15, 0.2) is 17.5 Å². The van der Waals surface area contributed by atoms with Crippen molar-refractivity contribution in [3.63, 3.8) is 0 Å². The first-order chi connectivity index (χ1) is 12.6. The fourth-order valence-corrected chi connectivity index (χ4v) is 2.81. The number of carbonyl (C=O) groups excluding carboxylic acids is 1. The largest absolute Gasteiger partial charge is 0.454 e. The number of nitrogens with zero attached hydrogens (tertiary/aromatic N) is 3. The van der Waals surface area contributed by atoms with E-state index in [1.165, 1.54) is 0 Å². The summed E-state index contributed by atoms with van der Waals surface area (Å²) in [5.74, 6) is 2.44. The van der Waals surface area contributed by atoms with Gasteiger partial charge in [0.25, 0.3) is 0 Å². The van der Waals surface area contributed by atoms with Gasteiger partial charge in [0.05, 0.1) is 6.54 Å². The summed E-state index contributed by atoms with van der Waals surface area (Å²) in [5.41, 5.74) is 1.15. The number of likely N-dealkylation sites (N-methyl/N-ethyl adjacent to an activating group) is 2. The highest BCUT2D eigenvalue weighted by molar-refractivity contribution is 14.0. The van der Waals surface area contributed by atoms with Crippen molar-refractivity contribution in [2.75, 3.05) is 46.6 Å². The predicted octanol–water partition coefficient (Wildman–Crippen LogP) is 2.34. The van der Waals surface area contributed by atoms with Gasteiger partial charge in [-0.15, -0.1) is 24.0 Å². The summed E-state index contributed by atoms with van der Waals surface area (Å²) < 4.78 is 10.7. The molecular weight excluding hydrogens is 459 g/mol. The minimum atomic E-state index is 0. The van der Waals surface area contributed by atoms with Crippen LogP contribution < -0.4 is 14.8 Å². The Balaban J connectivity index is 0.00000364. The minimum absolute atomic E-state index is 0. The van der Waals surface area contributed by atoms with Gasteiger partial charge in [-0.1, -0.05) is 6.07 Å². The van der Waals surface area contributed by atoms with Crippen LogP contribution in [0.5, 0.6) is 11.5 Å². The Kier molecular flexibility index (Phi) is 10.3. The third-order valence-corrected chi connectivity index (χ3v) is 4.28. The Hall–Kier alpha value is -1.71. The van der Waals surface area contributed by atoms with Gasteiger partial charge in [0, 0.05) is 33.2 Å². The van der Waals surface area contributed by atoms with E-state index in [1.807, 2.05) is 55.8 Å². The van der Waals surface area contributed by atoms with Crippen molar-refractivity contribution in [1.82, 2.24) is 15.1 Å². The number of hydrogen-bond donors (Lipinski definition) is 1. The average Bonchev–Trinajstić information content (AvgIpc) is 3.09. The fraction of sp³-hybridized carbons (Fsp3) is 0.579. The van der Waals surface area contributed by atoms with Gasteiger partial charge in [-0.05, 0) is 44.9 Å². The maximum atomic E-state index is 12.3. The van der Waals surface area contributed by atoms with Crippen LogP contribution in [0.2, 0.25) is 0 Å². The zero-order valence-corrected chi connectivity index (χ0v) is 19.0. The SMILES string of the molecule is CCNC(=NCCc1ccc2c(c1)OCO2)N(C)CC(=O)N(CC)CC.I. The standard InChI is InChI=1S/C19H30N4O3.HI/c1-5-20-19(22(4)13-18(24)23(6-2)7-3)21-11-10-15-8-9-16-17(12-15)26-14-25-16;/h8-9,12H,5-7,10-11,13-14H2,1-4H3,(H,20,21);1H. The van der Waals surface area contributed by atoms with Gasteiger partial charge in [-0.25, -0.2) is 0 Å². The van der Waals surface area contributed by atoms with Crippen molar-refractivity contribution >= 4 is 35.8 Å². The van der Waals surface area contributed by atoms with E-state index < -0.39 is 0 Å². The molecule has 8 heteroatoms. The monoisotopic (exact) mass is 490 g/mol. The maximum absolute atomic E-state index is 12.3. The Morgan fingerprint density at radius 2 is 1.89 bits per heavy atom. The predicted molar refractivity (Wildman–Crippen MR) is 118 cm³/mol. The lowest BCUT2D eigenvalue weighted by Gasteiger charge is -2.25. The molecule has 2 rings (SSSR count). The smallest absolute Gasteiger partial charge is 0.242 e. The van der Waals surface area contributed by atoms with Gasteiger partial charge in [-0.3, -0.25) is 9.79 Å². The molecule has 152 valence electrons. The number of hydrogen-bond acceptors (Lipinski definition) is 4. The number of fused-ring (bicyclic) bond motifs is 1. The highest BCUT2D eigenvalue weighted by Gasteiger charge is 2.15.